The lowest BCUT2D eigenvalue weighted by Crippen LogP contribution is -2.14. The van der Waals surface area contributed by atoms with E-state index in [1.165, 1.54) is 13.2 Å². The zero-order valence-electron chi connectivity index (χ0n) is 13.3. The Morgan fingerprint density at radius 1 is 1.28 bits per heavy atom. The molecule has 0 aliphatic carbocycles. The van der Waals surface area contributed by atoms with Gasteiger partial charge in [0.05, 0.1) is 23.4 Å². The van der Waals surface area contributed by atoms with Crippen molar-refractivity contribution < 1.29 is 22.7 Å². The average molecular weight is 370 g/mol. The Labute approximate surface area is 148 Å². The normalized spacial score (nSPS) is 11.1. The second kappa shape index (κ2) is 7.61. The van der Waals surface area contributed by atoms with E-state index in [1.54, 1.807) is 18.2 Å². The van der Waals surface area contributed by atoms with Crippen LogP contribution in [0, 0.1) is 0 Å². The largest absolute Gasteiger partial charge is 0.496 e. The summed E-state index contributed by atoms with van der Waals surface area (Å²) < 4.78 is 43.6. The SMILES string of the molecule is C=CCc1cc(C(=O)Nc2cc(C(F)(F)F)ccc2Cl)ccc1OC. The van der Waals surface area contributed by atoms with Gasteiger partial charge in [0.1, 0.15) is 5.75 Å². The monoisotopic (exact) mass is 369 g/mol. The summed E-state index contributed by atoms with van der Waals surface area (Å²) in [5, 5.41) is 2.42. The Morgan fingerprint density at radius 3 is 2.60 bits per heavy atom. The van der Waals surface area contributed by atoms with E-state index < -0.39 is 17.6 Å². The number of carbonyl (C=O) groups excluding carboxylic acids is 1. The van der Waals surface area contributed by atoms with Gasteiger partial charge in [-0.15, -0.1) is 6.58 Å². The maximum atomic E-state index is 12.8. The second-order valence-corrected chi connectivity index (χ2v) is 5.57. The van der Waals surface area contributed by atoms with Crippen molar-refractivity contribution in [2.45, 2.75) is 12.6 Å². The fraction of sp³-hybridized carbons (Fsp3) is 0.167. The third-order valence-corrected chi connectivity index (χ3v) is 3.78. The van der Waals surface area contributed by atoms with Gasteiger partial charge in [-0.3, -0.25) is 4.79 Å². The number of benzene rings is 2. The molecule has 0 aliphatic rings. The van der Waals surface area contributed by atoms with E-state index in [0.717, 1.165) is 23.8 Å². The molecule has 1 amide bonds. The minimum absolute atomic E-state index is 0.0150. The number of methoxy groups -OCH3 is 1. The van der Waals surface area contributed by atoms with Gasteiger partial charge in [-0.2, -0.15) is 13.2 Å². The molecule has 0 spiro atoms. The number of amides is 1. The number of carbonyl (C=O) groups is 1. The van der Waals surface area contributed by atoms with Gasteiger partial charge >= 0.3 is 6.18 Å². The molecule has 3 nitrogen and oxygen atoms in total. The highest BCUT2D eigenvalue weighted by Gasteiger charge is 2.31. The third-order valence-electron chi connectivity index (χ3n) is 3.45. The molecule has 0 saturated heterocycles. The molecule has 0 radical (unpaired) electrons. The highest BCUT2D eigenvalue weighted by Crippen LogP contribution is 2.34. The number of halogens is 4. The van der Waals surface area contributed by atoms with E-state index in [1.807, 2.05) is 0 Å². The van der Waals surface area contributed by atoms with Crippen LogP contribution in [0.2, 0.25) is 5.02 Å². The highest BCUT2D eigenvalue weighted by atomic mass is 35.5. The van der Waals surface area contributed by atoms with Gasteiger partial charge in [-0.1, -0.05) is 17.7 Å². The van der Waals surface area contributed by atoms with Gasteiger partial charge in [-0.05, 0) is 48.4 Å². The van der Waals surface area contributed by atoms with Gasteiger partial charge in [0.2, 0.25) is 0 Å². The summed E-state index contributed by atoms with van der Waals surface area (Å²) in [7, 11) is 1.50. The van der Waals surface area contributed by atoms with Crippen LogP contribution in [-0.4, -0.2) is 13.0 Å². The van der Waals surface area contributed by atoms with Crippen LogP contribution in [0.25, 0.3) is 0 Å². The molecule has 0 fully saturated rings. The molecule has 2 aromatic carbocycles. The first-order chi connectivity index (χ1) is 11.8. The number of allylic oxidation sites excluding steroid dienone is 1. The van der Waals surface area contributed by atoms with E-state index >= 15 is 0 Å². The van der Waals surface area contributed by atoms with Crippen LogP contribution in [0.15, 0.2) is 49.1 Å². The number of rotatable bonds is 5. The highest BCUT2D eigenvalue weighted by molar-refractivity contribution is 6.34. The summed E-state index contributed by atoms with van der Waals surface area (Å²) in [6, 6.07) is 7.47. The zero-order valence-corrected chi connectivity index (χ0v) is 14.0. The lowest BCUT2D eigenvalue weighted by Gasteiger charge is -2.13. The van der Waals surface area contributed by atoms with Gasteiger partial charge < -0.3 is 10.1 Å². The summed E-state index contributed by atoms with van der Waals surface area (Å²) in [4.78, 5) is 12.4. The summed E-state index contributed by atoms with van der Waals surface area (Å²) in [5.41, 5.74) is 0.00303. The molecule has 2 aromatic rings. The first-order valence-corrected chi connectivity index (χ1v) is 7.60. The number of hydrogen-bond acceptors (Lipinski definition) is 2. The first kappa shape index (κ1) is 18.9. The molecule has 0 aliphatic heterocycles. The van der Waals surface area contributed by atoms with Gasteiger partial charge in [0.25, 0.3) is 5.91 Å². The zero-order chi connectivity index (χ0) is 18.6. The number of anilines is 1. The molecule has 2 rings (SSSR count). The Kier molecular flexibility index (Phi) is 5.74. The van der Waals surface area contributed by atoms with Gasteiger partial charge in [0, 0.05) is 5.56 Å². The van der Waals surface area contributed by atoms with Crippen molar-refractivity contribution in [1.29, 1.82) is 0 Å². The molecule has 0 aromatic heterocycles. The topological polar surface area (TPSA) is 38.3 Å². The van der Waals surface area contributed by atoms with Crippen molar-refractivity contribution in [1.82, 2.24) is 0 Å². The van der Waals surface area contributed by atoms with E-state index in [4.69, 9.17) is 16.3 Å². The van der Waals surface area contributed by atoms with Gasteiger partial charge in [0.15, 0.2) is 0 Å². The quantitative estimate of drug-likeness (QED) is 0.722. The lowest BCUT2D eigenvalue weighted by atomic mass is 10.1. The Bertz CT molecular complexity index is 803. The molecule has 0 bridgehead atoms. The lowest BCUT2D eigenvalue weighted by molar-refractivity contribution is -0.137. The van der Waals surface area contributed by atoms with Crippen LogP contribution in [0.4, 0.5) is 18.9 Å². The number of hydrogen-bond donors (Lipinski definition) is 1. The molecule has 1 N–H and O–H groups in total. The maximum absolute atomic E-state index is 12.8. The summed E-state index contributed by atoms with van der Waals surface area (Å²) in [5.74, 6) is 0.0164. The number of ether oxygens (including phenoxy) is 1. The van der Waals surface area contributed by atoms with E-state index in [9.17, 15) is 18.0 Å². The summed E-state index contributed by atoms with van der Waals surface area (Å²) in [6.07, 6.45) is -2.39. The predicted octanol–water partition coefficient (Wildman–Crippen LogP) is 5.35. The Hall–Kier alpha value is -2.47. The van der Waals surface area contributed by atoms with E-state index in [-0.39, 0.29) is 16.3 Å². The molecule has 0 heterocycles. The predicted molar refractivity (Wildman–Crippen MR) is 91.3 cm³/mol. The van der Waals surface area contributed by atoms with Crippen LogP contribution in [0.3, 0.4) is 0 Å². The molecule has 7 heteroatoms. The molecular formula is C18H15ClF3NO2. The smallest absolute Gasteiger partial charge is 0.416 e. The minimum Gasteiger partial charge on any atom is -0.496 e. The van der Waals surface area contributed by atoms with Crippen LogP contribution < -0.4 is 10.1 Å². The number of nitrogens with one attached hydrogen (secondary N) is 1. The second-order valence-electron chi connectivity index (χ2n) is 5.17. The molecule has 0 saturated carbocycles. The van der Waals surface area contributed by atoms with Crippen molar-refractivity contribution in [3.8, 4) is 5.75 Å². The van der Waals surface area contributed by atoms with Crippen molar-refractivity contribution in [3.05, 3.63) is 70.8 Å². The minimum atomic E-state index is -4.53. The fourth-order valence-electron chi connectivity index (χ4n) is 2.23. The number of alkyl halides is 3. The molecule has 25 heavy (non-hydrogen) atoms. The van der Waals surface area contributed by atoms with Crippen molar-refractivity contribution in [3.63, 3.8) is 0 Å². The van der Waals surface area contributed by atoms with Crippen molar-refractivity contribution >= 4 is 23.2 Å². The van der Waals surface area contributed by atoms with Crippen LogP contribution >= 0.6 is 11.6 Å². The fourth-order valence-corrected chi connectivity index (χ4v) is 2.39. The summed E-state index contributed by atoms with van der Waals surface area (Å²) in [6.45, 7) is 3.64. The van der Waals surface area contributed by atoms with E-state index in [0.29, 0.717) is 12.2 Å². The van der Waals surface area contributed by atoms with Crippen LogP contribution in [0.5, 0.6) is 5.75 Å². The Morgan fingerprint density at radius 2 is 2.00 bits per heavy atom. The van der Waals surface area contributed by atoms with E-state index in [2.05, 4.69) is 11.9 Å². The average Bonchev–Trinajstić information content (AvgIpc) is 2.56. The summed E-state index contributed by atoms with van der Waals surface area (Å²) >= 11 is 5.89. The van der Waals surface area contributed by atoms with Crippen molar-refractivity contribution in [2.75, 3.05) is 12.4 Å². The molecule has 0 atom stereocenters. The van der Waals surface area contributed by atoms with Gasteiger partial charge in [-0.25, -0.2) is 0 Å². The Balaban J connectivity index is 2.31. The standard InChI is InChI=1S/C18H15ClF3NO2/c1-3-4-11-9-12(5-8-16(11)25-2)17(24)23-15-10-13(18(20,21)22)6-7-14(15)19/h3,5-10H,1,4H2,2H3,(H,23,24). The molecular weight excluding hydrogens is 355 g/mol. The third kappa shape index (κ3) is 4.54. The molecule has 132 valence electrons. The molecule has 0 unspecified atom stereocenters. The maximum Gasteiger partial charge on any atom is 0.416 e. The first-order valence-electron chi connectivity index (χ1n) is 7.22. The van der Waals surface area contributed by atoms with Crippen LogP contribution in [-0.2, 0) is 12.6 Å². The van der Waals surface area contributed by atoms with Crippen molar-refractivity contribution in [2.24, 2.45) is 0 Å². The van der Waals surface area contributed by atoms with Crippen LogP contribution in [0.1, 0.15) is 21.5 Å².